The molecule has 0 saturated carbocycles. The normalized spacial score (nSPS) is 21.4. The van der Waals surface area contributed by atoms with Gasteiger partial charge in [0.05, 0.1) is 20.1 Å². The molecule has 40 heavy (non-hydrogen) atoms. The topological polar surface area (TPSA) is 70.5 Å². The van der Waals surface area contributed by atoms with E-state index in [4.69, 9.17) is 14.2 Å². The van der Waals surface area contributed by atoms with Crippen LogP contribution in [0.15, 0.2) is 79.2 Å². The van der Waals surface area contributed by atoms with Gasteiger partial charge in [0.1, 0.15) is 29.8 Å². The summed E-state index contributed by atoms with van der Waals surface area (Å²) in [5.41, 5.74) is 7.73. The number of hydrogen-bond donors (Lipinski definition) is 0. The largest absolute Gasteiger partial charge is 0.492 e. The second kappa shape index (κ2) is 11.9. The maximum Gasteiger partial charge on any atom is 0.306 e. The Morgan fingerprint density at radius 3 is 2.58 bits per heavy atom. The fourth-order valence-electron chi connectivity index (χ4n) is 5.54. The van der Waals surface area contributed by atoms with Crippen molar-refractivity contribution in [3.05, 3.63) is 101 Å². The predicted octanol–water partition coefficient (Wildman–Crippen LogP) is 7.22. The number of carbonyl (C=O) groups is 1. The van der Waals surface area contributed by atoms with E-state index in [-0.39, 0.29) is 18.3 Å². The summed E-state index contributed by atoms with van der Waals surface area (Å²) in [7, 11) is 1.38. The Labute approximate surface area is 234 Å². The lowest BCUT2D eigenvalue weighted by Gasteiger charge is -2.21. The van der Waals surface area contributed by atoms with Crippen molar-refractivity contribution in [1.82, 2.24) is 9.97 Å². The van der Waals surface area contributed by atoms with Crippen molar-refractivity contribution >= 4 is 11.5 Å². The number of methoxy groups -OCH3 is 1. The lowest BCUT2D eigenvalue weighted by molar-refractivity contribution is -0.141. The van der Waals surface area contributed by atoms with Crippen molar-refractivity contribution in [2.45, 2.75) is 51.6 Å². The number of halogens is 1. The number of carbonyl (C=O) groups excluding carboxylic acids is 1. The van der Waals surface area contributed by atoms with Gasteiger partial charge in [-0.05, 0) is 73.1 Å². The summed E-state index contributed by atoms with van der Waals surface area (Å²) in [6, 6.07) is 9.82. The van der Waals surface area contributed by atoms with E-state index >= 15 is 4.39 Å². The van der Waals surface area contributed by atoms with Crippen molar-refractivity contribution in [1.29, 1.82) is 0 Å². The van der Waals surface area contributed by atoms with Crippen molar-refractivity contribution < 1.29 is 23.4 Å². The molecule has 0 N–H and O–H groups in total. The first-order valence-electron chi connectivity index (χ1n) is 13.5. The number of rotatable bonds is 6. The lowest BCUT2D eigenvalue weighted by Crippen LogP contribution is -2.19. The quantitative estimate of drug-likeness (QED) is 0.307. The minimum atomic E-state index is -0.517. The van der Waals surface area contributed by atoms with Gasteiger partial charge in [-0.25, -0.2) is 14.4 Å². The molecule has 1 aromatic heterocycles. The van der Waals surface area contributed by atoms with Gasteiger partial charge in [0.15, 0.2) is 0 Å². The van der Waals surface area contributed by atoms with E-state index in [2.05, 4.69) is 42.5 Å². The van der Waals surface area contributed by atoms with E-state index in [9.17, 15) is 4.79 Å². The summed E-state index contributed by atoms with van der Waals surface area (Å²) < 4.78 is 32.2. The van der Waals surface area contributed by atoms with E-state index < -0.39 is 11.9 Å². The molecule has 0 amide bonds. The molecule has 2 aromatic carbocycles. The minimum absolute atomic E-state index is 0.0525. The van der Waals surface area contributed by atoms with Crippen LogP contribution in [-0.2, 0) is 9.53 Å². The number of ether oxygens (including phenoxy) is 3. The van der Waals surface area contributed by atoms with Gasteiger partial charge in [-0.2, -0.15) is 0 Å². The number of benzene rings is 2. The molecule has 0 spiro atoms. The Hall–Kier alpha value is -4.26. The highest BCUT2D eigenvalue weighted by molar-refractivity contribution is 5.76. The summed E-state index contributed by atoms with van der Waals surface area (Å²) in [5.74, 6) is 0.537. The molecule has 0 fully saturated rings. The monoisotopic (exact) mass is 540 g/mol. The fourth-order valence-corrected chi connectivity index (χ4v) is 5.54. The molecule has 1 aliphatic heterocycles. The van der Waals surface area contributed by atoms with Gasteiger partial charge in [0.2, 0.25) is 0 Å². The van der Waals surface area contributed by atoms with Gasteiger partial charge < -0.3 is 14.2 Å². The van der Waals surface area contributed by atoms with Gasteiger partial charge >= 0.3 is 5.97 Å². The average molecular weight is 541 g/mol. The highest BCUT2D eigenvalue weighted by atomic mass is 19.1. The Morgan fingerprint density at radius 1 is 1.10 bits per heavy atom. The molecule has 5 rings (SSSR count). The Morgan fingerprint density at radius 2 is 1.85 bits per heavy atom. The molecule has 0 bridgehead atoms. The first kappa shape index (κ1) is 27.3. The number of allylic oxidation sites excluding steroid dienone is 3. The van der Waals surface area contributed by atoms with Crippen molar-refractivity contribution in [2.75, 3.05) is 13.7 Å². The molecule has 7 heteroatoms. The first-order valence-corrected chi connectivity index (χ1v) is 13.5. The van der Waals surface area contributed by atoms with Crippen LogP contribution in [0.5, 0.6) is 11.5 Å². The van der Waals surface area contributed by atoms with E-state index in [1.165, 1.54) is 19.5 Å². The summed E-state index contributed by atoms with van der Waals surface area (Å²) >= 11 is 0. The number of nitrogens with zero attached hydrogens (tertiary/aromatic N) is 2. The molecule has 0 saturated heterocycles. The van der Waals surface area contributed by atoms with Crippen LogP contribution in [0.3, 0.4) is 0 Å². The van der Waals surface area contributed by atoms with Gasteiger partial charge in [-0.1, -0.05) is 30.9 Å². The van der Waals surface area contributed by atoms with E-state index in [1.807, 2.05) is 24.3 Å². The second-order valence-corrected chi connectivity index (χ2v) is 10.3. The van der Waals surface area contributed by atoms with Crippen LogP contribution in [0, 0.1) is 13.8 Å². The number of hydrogen-bond acceptors (Lipinski definition) is 6. The van der Waals surface area contributed by atoms with Crippen molar-refractivity contribution in [3.8, 4) is 22.6 Å². The summed E-state index contributed by atoms with van der Waals surface area (Å²) in [5, 5.41) is 0. The van der Waals surface area contributed by atoms with Crippen molar-refractivity contribution in [2.24, 2.45) is 0 Å². The molecule has 2 aliphatic rings. The fraction of sp³-hybridized carbons (Fsp3) is 0.303. The molecular weight excluding hydrogens is 507 g/mol. The molecule has 206 valence electrons. The smallest absolute Gasteiger partial charge is 0.306 e. The SMILES string of the molecule is C=C1/C(F)=C\C=C(\c2c(C)cc(-c3cncnc3)cc2C)CCC[C@H]1Oc1ccc2c(c1)OC[C@H]2CC(=O)OC. The second-order valence-electron chi connectivity index (χ2n) is 10.3. The molecule has 1 aliphatic carbocycles. The number of esters is 1. The zero-order chi connectivity index (χ0) is 28.2. The first-order chi connectivity index (χ1) is 19.3. The number of aromatic nitrogens is 2. The van der Waals surface area contributed by atoms with Crippen molar-refractivity contribution in [3.63, 3.8) is 0 Å². The third-order valence-electron chi connectivity index (χ3n) is 7.57. The van der Waals surface area contributed by atoms with E-state index in [0.29, 0.717) is 30.1 Å². The van der Waals surface area contributed by atoms with Crippen LogP contribution in [0.2, 0.25) is 0 Å². The maximum absolute atomic E-state index is 15.3. The third kappa shape index (κ3) is 5.83. The molecule has 6 nitrogen and oxygen atoms in total. The highest BCUT2D eigenvalue weighted by Gasteiger charge is 2.28. The maximum atomic E-state index is 15.3. The zero-order valence-electron chi connectivity index (χ0n) is 23.1. The van der Waals surface area contributed by atoms with Crippen LogP contribution < -0.4 is 9.47 Å². The summed E-state index contributed by atoms with van der Waals surface area (Å²) in [6.07, 6.45) is 10.4. The molecule has 2 heterocycles. The summed E-state index contributed by atoms with van der Waals surface area (Å²) in [6.45, 7) is 8.61. The van der Waals surface area contributed by atoms with Crippen LogP contribution in [-0.4, -0.2) is 35.8 Å². The van der Waals surface area contributed by atoms with Gasteiger partial charge in [0.25, 0.3) is 0 Å². The van der Waals surface area contributed by atoms with Crippen LogP contribution in [0.1, 0.15) is 53.9 Å². The van der Waals surface area contributed by atoms with Gasteiger partial charge in [-0.15, -0.1) is 0 Å². The highest BCUT2D eigenvalue weighted by Crippen LogP contribution is 2.40. The molecule has 2 atom stereocenters. The van der Waals surface area contributed by atoms with Gasteiger partial charge in [-0.3, -0.25) is 4.79 Å². The standard InChI is InChI=1S/C33H33FN2O4/c1-20-12-24(26-16-35-19-36-17-26)13-21(2)33(20)23-6-5-7-30(22(3)29(34)11-8-23)40-27-9-10-28-25(14-32(37)38-4)18-39-31(28)15-27/h8-13,15-17,19,25,30H,3,5-7,14,18H2,1-2,4H3/b23-8+,29-11+/t25-,30-/m1/s1. The molecule has 0 radical (unpaired) electrons. The average Bonchev–Trinajstić information content (AvgIpc) is 3.37. The lowest BCUT2D eigenvalue weighted by atomic mass is 9.89. The Bertz CT molecular complexity index is 1470. The van der Waals surface area contributed by atoms with E-state index in [1.54, 1.807) is 12.4 Å². The number of aryl methyl sites for hydroxylation is 2. The minimum Gasteiger partial charge on any atom is -0.492 e. The van der Waals surface area contributed by atoms with Crippen LogP contribution >= 0.6 is 0 Å². The molecule has 3 aromatic rings. The summed E-state index contributed by atoms with van der Waals surface area (Å²) in [4.78, 5) is 20.0. The van der Waals surface area contributed by atoms with Gasteiger partial charge in [0, 0.05) is 41.1 Å². The Balaban J connectivity index is 1.32. The van der Waals surface area contributed by atoms with E-state index in [0.717, 1.165) is 51.8 Å². The van der Waals surface area contributed by atoms with Crippen LogP contribution in [0.4, 0.5) is 4.39 Å². The molecular formula is C33H33FN2O4. The predicted molar refractivity (Wildman–Crippen MR) is 153 cm³/mol. The number of fused-ring (bicyclic) bond motifs is 1. The zero-order valence-corrected chi connectivity index (χ0v) is 23.1. The third-order valence-corrected chi connectivity index (χ3v) is 7.57. The van der Waals surface area contributed by atoms with Crippen LogP contribution in [0.25, 0.3) is 16.7 Å². The Kier molecular flexibility index (Phi) is 8.10. The molecule has 0 unspecified atom stereocenters.